The Hall–Kier alpha value is -8.92. The molecule has 0 unspecified atom stereocenters. The second-order valence-corrected chi connectivity index (χ2v) is 17.3. The molecule has 11 aromatic carbocycles. The van der Waals surface area contributed by atoms with Crippen molar-refractivity contribution in [1.82, 2.24) is 14.5 Å². The third kappa shape index (κ3) is 6.76. The van der Waals surface area contributed by atoms with Crippen LogP contribution in [0.3, 0.4) is 0 Å². The molecular weight excluding hydrogens is 811 g/mol. The van der Waals surface area contributed by atoms with Crippen LogP contribution in [-0.2, 0) is 0 Å². The predicted octanol–water partition coefficient (Wildman–Crippen LogP) is 17.0. The second kappa shape index (κ2) is 16.0. The van der Waals surface area contributed by atoms with E-state index < -0.39 is 0 Å². The molecule has 3 nitrogen and oxygen atoms in total. The smallest absolute Gasteiger partial charge is 0.160 e. The summed E-state index contributed by atoms with van der Waals surface area (Å²) in [6.45, 7) is 0. The maximum atomic E-state index is 5.56. The number of benzene rings is 11. The minimum atomic E-state index is 0.656. The van der Waals surface area contributed by atoms with Crippen LogP contribution in [-0.4, -0.2) is 14.5 Å². The van der Waals surface area contributed by atoms with Crippen LogP contribution in [0.15, 0.2) is 249 Å². The van der Waals surface area contributed by atoms with Crippen molar-refractivity contribution in [2.75, 3.05) is 0 Å². The largest absolute Gasteiger partial charge is 0.309 e. The van der Waals surface area contributed by atoms with Gasteiger partial charge in [-0.2, -0.15) is 0 Å². The first-order chi connectivity index (χ1) is 33.2. The molecule has 0 amide bonds. The molecule has 0 bridgehead atoms. The molecule has 0 aliphatic heterocycles. The van der Waals surface area contributed by atoms with Crippen LogP contribution in [0.2, 0.25) is 0 Å². The quantitative estimate of drug-likeness (QED) is 0.150. The Balaban J connectivity index is 1.08. The molecule has 0 saturated heterocycles. The van der Waals surface area contributed by atoms with E-state index in [1.54, 1.807) is 0 Å². The number of hydrogen-bond acceptors (Lipinski definition) is 2. The van der Waals surface area contributed by atoms with Crippen molar-refractivity contribution < 1.29 is 0 Å². The molecule has 2 heterocycles. The van der Waals surface area contributed by atoms with Gasteiger partial charge >= 0.3 is 0 Å². The van der Waals surface area contributed by atoms with Crippen molar-refractivity contribution >= 4 is 54.1 Å². The minimum absolute atomic E-state index is 0.656. The highest BCUT2D eigenvalue weighted by atomic mass is 15.0. The predicted molar refractivity (Wildman–Crippen MR) is 282 cm³/mol. The maximum absolute atomic E-state index is 5.56. The van der Waals surface area contributed by atoms with Crippen molar-refractivity contribution in [1.29, 1.82) is 0 Å². The molecule has 3 heteroatoms. The molecule has 2 aromatic heterocycles. The van der Waals surface area contributed by atoms with Gasteiger partial charge in [0.2, 0.25) is 0 Å². The van der Waals surface area contributed by atoms with E-state index in [1.165, 1.54) is 43.1 Å². The van der Waals surface area contributed by atoms with E-state index in [4.69, 9.17) is 9.97 Å². The van der Waals surface area contributed by atoms with E-state index in [0.29, 0.717) is 5.82 Å². The fourth-order valence-electron chi connectivity index (χ4n) is 10.2. The Morgan fingerprint density at radius 1 is 0.224 bits per heavy atom. The molecule has 312 valence electrons. The van der Waals surface area contributed by atoms with Crippen molar-refractivity contribution in [2.24, 2.45) is 0 Å². The molecule has 0 spiro atoms. The van der Waals surface area contributed by atoms with E-state index in [9.17, 15) is 0 Å². The molecule has 67 heavy (non-hydrogen) atoms. The molecular formula is C64H41N3. The topological polar surface area (TPSA) is 30.7 Å². The number of aromatic nitrogens is 3. The van der Waals surface area contributed by atoms with Gasteiger partial charge in [0, 0.05) is 33.2 Å². The van der Waals surface area contributed by atoms with Crippen LogP contribution >= 0.6 is 0 Å². The van der Waals surface area contributed by atoms with Crippen molar-refractivity contribution in [3.8, 4) is 73.0 Å². The first kappa shape index (κ1) is 38.5. The number of rotatable bonds is 7. The van der Waals surface area contributed by atoms with Gasteiger partial charge in [0.15, 0.2) is 5.82 Å². The van der Waals surface area contributed by atoms with E-state index in [-0.39, 0.29) is 0 Å². The highest BCUT2D eigenvalue weighted by Crippen LogP contribution is 2.41. The van der Waals surface area contributed by atoms with Crippen LogP contribution in [0.5, 0.6) is 0 Å². The van der Waals surface area contributed by atoms with E-state index >= 15 is 0 Å². The van der Waals surface area contributed by atoms with Gasteiger partial charge in [-0.1, -0.05) is 188 Å². The molecule has 0 radical (unpaired) electrons. The molecule has 13 rings (SSSR count). The summed E-state index contributed by atoms with van der Waals surface area (Å²) in [6.07, 6.45) is 0. The van der Waals surface area contributed by atoms with Crippen molar-refractivity contribution in [2.45, 2.75) is 0 Å². The number of nitrogens with zero attached hydrogens (tertiary/aromatic N) is 3. The van der Waals surface area contributed by atoms with Crippen molar-refractivity contribution in [3.63, 3.8) is 0 Å². The monoisotopic (exact) mass is 851 g/mol. The lowest BCUT2D eigenvalue weighted by atomic mass is 9.91. The fourth-order valence-corrected chi connectivity index (χ4v) is 10.2. The molecule has 0 aliphatic rings. The summed E-state index contributed by atoms with van der Waals surface area (Å²) in [6, 6.07) is 89.5. The summed E-state index contributed by atoms with van der Waals surface area (Å²) in [5, 5.41) is 9.93. The number of para-hydroxylation sites is 2. The normalized spacial score (nSPS) is 11.6. The number of hydrogen-bond donors (Lipinski definition) is 0. The van der Waals surface area contributed by atoms with Crippen LogP contribution in [0.1, 0.15) is 0 Å². The highest BCUT2D eigenvalue weighted by Gasteiger charge is 2.19. The maximum Gasteiger partial charge on any atom is 0.160 e. The molecule has 0 fully saturated rings. The second-order valence-electron chi connectivity index (χ2n) is 17.3. The minimum Gasteiger partial charge on any atom is -0.309 e. The van der Waals surface area contributed by atoms with Gasteiger partial charge in [-0.05, 0) is 126 Å². The zero-order chi connectivity index (χ0) is 44.3. The van der Waals surface area contributed by atoms with E-state index in [2.05, 4.69) is 253 Å². The Bertz CT molecular complexity index is 3870. The lowest BCUT2D eigenvalue weighted by Crippen LogP contribution is -2.00. The molecule has 0 N–H and O–H groups in total. The molecule has 13 aromatic rings. The highest BCUT2D eigenvalue weighted by molar-refractivity contribution is 6.25. The zero-order valence-electron chi connectivity index (χ0n) is 36.5. The average Bonchev–Trinajstić information content (AvgIpc) is 3.75. The molecule has 0 atom stereocenters. The van der Waals surface area contributed by atoms with Gasteiger partial charge in [-0.3, -0.25) is 0 Å². The summed E-state index contributed by atoms with van der Waals surface area (Å²) in [7, 11) is 0. The summed E-state index contributed by atoms with van der Waals surface area (Å²) in [4.78, 5) is 11.0. The summed E-state index contributed by atoms with van der Waals surface area (Å²) >= 11 is 0. The van der Waals surface area contributed by atoms with Crippen LogP contribution < -0.4 is 0 Å². The molecule has 0 saturated carbocycles. The van der Waals surface area contributed by atoms with Gasteiger partial charge in [0.25, 0.3) is 0 Å². The third-order valence-corrected chi connectivity index (χ3v) is 13.3. The fraction of sp³-hybridized carbons (Fsp3) is 0. The summed E-state index contributed by atoms with van der Waals surface area (Å²) < 4.78 is 2.40. The van der Waals surface area contributed by atoms with Crippen molar-refractivity contribution in [3.05, 3.63) is 249 Å². The summed E-state index contributed by atoms with van der Waals surface area (Å²) in [5.41, 5.74) is 14.8. The van der Waals surface area contributed by atoms with Crippen LogP contribution in [0, 0.1) is 0 Å². The van der Waals surface area contributed by atoms with E-state index in [1.807, 2.05) is 0 Å². The SMILES string of the molecule is c1ccc(-c2cc(-c3ccccc3)cc(-c3cc(-c4ccccc4)nc(-c4cc(-c5ccc6c7ccccc7c7ccccc7c6c5)cc(-n5c6ccccc6c6ccccc65)c4)n3)c2)cc1. The third-order valence-electron chi connectivity index (χ3n) is 13.3. The van der Waals surface area contributed by atoms with E-state index in [0.717, 1.165) is 78.2 Å². The van der Waals surface area contributed by atoms with Gasteiger partial charge in [-0.25, -0.2) is 9.97 Å². The summed E-state index contributed by atoms with van der Waals surface area (Å²) in [5.74, 6) is 0.656. The average molecular weight is 852 g/mol. The Labute approximate surface area is 388 Å². The van der Waals surface area contributed by atoms with Gasteiger partial charge in [-0.15, -0.1) is 0 Å². The van der Waals surface area contributed by atoms with Gasteiger partial charge in [0.1, 0.15) is 0 Å². The zero-order valence-corrected chi connectivity index (χ0v) is 36.5. The first-order valence-corrected chi connectivity index (χ1v) is 22.9. The standard InChI is InChI=1S/C64H41N3/c1-4-18-42(19-5-1)46-34-47(43-20-6-2-7-21-43)36-49(35-46)61-41-60(44-22-8-3-9-23-44)65-64(66-61)50-37-48(38-51(39-50)67-62-30-16-14-28-57(62)58-29-15-17-31-63(58)67)45-32-33-56-54-26-11-10-24-52(54)53-25-12-13-27-55(53)59(56)40-45/h1-41H. The van der Waals surface area contributed by atoms with Gasteiger partial charge < -0.3 is 4.57 Å². The Morgan fingerprint density at radius 2 is 0.612 bits per heavy atom. The first-order valence-electron chi connectivity index (χ1n) is 22.9. The number of fused-ring (bicyclic) bond motifs is 9. The van der Waals surface area contributed by atoms with Gasteiger partial charge in [0.05, 0.1) is 22.4 Å². The molecule has 0 aliphatic carbocycles. The lowest BCUT2D eigenvalue weighted by Gasteiger charge is -2.16. The Morgan fingerprint density at radius 3 is 1.16 bits per heavy atom. The Kier molecular flexibility index (Phi) is 9.17. The lowest BCUT2D eigenvalue weighted by molar-refractivity contribution is 1.16. The van der Waals surface area contributed by atoms with Crippen LogP contribution in [0.4, 0.5) is 0 Å². The van der Waals surface area contributed by atoms with Crippen LogP contribution in [0.25, 0.3) is 127 Å².